The van der Waals surface area contributed by atoms with Crippen LogP contribution in [0.3, 0.4) is 0 Å². The SMILES string of the molecule is CCC1=[C-]C(C)C=C1.[Cl-].[Cl-].[Cl-].[Ti+4]. The summed E-state index contributed by atoms with van der Waals surface area (Å²) in [4.78, 5) is 0. The van der Waals surface area contributed by atoms with Gasteiger partial charge in [0.25, 0.3) is 0 Å². The van der Waals surface area contributed by atoms with Crippen molar-refractivity contribution in [2.75, 3.05) is 0 Å². The predicted octanol–water partition coefficient (Wildman–Crippen LogP) is -6.66. The van der Waals surface area contributed by atoms with Crippen LogP contribution in [-0.4, -0.2) is 0 Å². The second-order valence-corrected chi connectivity index (χ2v) is 2.17. The maximum atomic E-state index is 3.31. The molecule has 0 saturated heterocycles. The fourth-order valence-electron chi connectivity index (χ4n) is 0.869. The van der Waals surface area contributed by atoms with Gasteiger partial charge in [-0.3, -0.25) is 6.08 Å². The van der Waals surface area contributed by atoms with Crippen LogP contribution in [0.2, 0.25) is 0 Å². The second-order valence-electron chi connectivity index (χ2n) is 2.17. The maximum absolute atomic E-state index is 3.31. The largest absolute Gasteiger partial charge is 4.00 e. The molecule has 0 spiro atoms. The Morgan fingerprint density at radius 1 is 1.33 bits per heavy atom. The summed E-state index contributed by atoms with van der Waals surface area (Å²) in [7, 11) is 0. The van der Waals surface area contributed by atoms with Gasteiger partial charge in [0.05, 0.1) is 0 Å². The topological polar surface area (TPSA) is 0 Å². The predicted molar refractivity (Wildman–Crippen MR) is 35.4 cm³/mol. The van der Waals surface area contributed by atoms with Gasteiger partial charge in [0.15, 0.2) is 0 Å². The van der Waals surface area contributed by atoms with Crippen molar-refractivity contribution in [2.45, 2.75) is 20.3 Å². The van der Waals surface area contributed by atoms with E-state index in [9.17, 15) is 0 Å². The molecular weight excluding hydrogens is 250 g/mol. The van der Waals surface area contributed by atoms with Gasteiger partial charge in [-0.25, -0.2) is 11.6 Å². The minimum atomic E-state index is 0. The zero-order valence-corrected chi connectivity index (χ0v) is 10.9. The van der Waals surface area contributed by atoms with Gasteiger partial charge in [-0.15, -0.1) is 0 Å². The Hall–Kier alpha value is 1.06. The molecule has 0 saturated carbocycles. The summed E-state index contributed by atoms with van der Waals surface area (Å²) in [5.41, 5.74) is 1.36. The van der Waals surface area contributed by atoms with E-state index in [1.807, 2.05) is 0 Å². The Bertz CT molecular complexity index is 143. The van der Waals surface area contributed by atoms with Crippen LogP contribution in [0.4, 0.5) is 0 Å². The van der Waals surface area contributed by atoms with Crippen LogP contribution in [0.15, 0.2) is 17.7 Å². The van der Waals surface area contributed by atoms with Crippen LogP contribution in [0.5, 0.6) is 0 Å². The molecule has 0 nitrogen and oxygen atoms in total. The van der Waals surface area contributed by atoms with Crippen LogP contribution in [0, 0.1) is 12.0 Å². The molecule has 12 heavy (non-hydrogen) atoms. The van der Waals surface area contributed by atoms with E-state index in [1.54, 1.807) is 0 Å². The molecule has 0 radical (unpaired) electrons. The number of halogens is 3. The van der Waals surface area contributed by atoms with Gasteiger partial charge in [0.2, 0.25) is 0 Å². The molecule has 0 N–H and O–H groups in total. The van der Waals surface area contributed by atoms with Crippen molar-refractivity contribution in [3.8, 4) is 0 Å². The summed E-state index contributed by atoms with van der Waals surface area (Å²) in [5.74, 6) is 0.560. The molecule has 1 aliphatic rings. The number of allylic oxidation sites excluding steroid dienone is 4. The fourth-order valence-corrected chi connectivity index (χ4v) is 0.869. The molecule has 0 aliphatic heterocycles. The van der Waals surface area contributed by atoms with Crippen molar-refractivity contribution in [2.24, 2.45) is 5.92 Å². The first-order valence-electron chi connectivity index (χ1n) is 3.13. The Morgan fingerprint density at radius 3 is 2.00 bits per heavy atom. The third-order valence-electron chi connectivity index (χ3n) is 1.38. The Kier molecular flexibility index (Phi) is 23.3. The number of rotatable bonds is 1. The fraction of sp³-hybridized carbons (Fsp3) is 0.500. The molecule has 0 aromatic heterocycles. The number of hydrogen-bond donors (Lipinski definition) is 0. The number of hydrogen-bond acceptors (Lipinski definition) is 0. The first-order valence-corrected chi connectivity index (χ1v) is 3.13. The zero-order valence-electron chi connectivity index (χ0n) is 7.07. The Balaban J connectivity index is -0.0000000800. The third kappa shape index (κ3) is 7.70. The van der Waals surface area contributed by atoms with Gasteiger partial charge in [0, 0.05) is 0 Å². The van der Waals surface area contributed by atoms with E-state index < -0.39 is 0 Å². The van der Waals surface area contributed by atoms with Gasteiger partial charge < -0.3 is 37.2 Å². The van der Waals surface area contributed by atoms with E-state index in [0.717, 1.165) is 6.42 Å². The van der Waals surface area contributed by atoms with Gasteiger partial charge in [0.1, 0.15) is 0 Å². The summed E-state index contributed by atoms with van der Waals surface area (Å²) in [5, 5.41) is 0. The minimum absolute atomic E-state index is 0. The van der Waals surface area contributed by atoms with Crippen molar-refractivity contribution in [1.82, 2.24) is 0 Å². The van der Waals surface area contributed by atoms with Crippen molar-refractivity contribution in [3.05, 3.63) is 23.8 Å². The van der Waals surface area contributed by atoms with Gasteiger partial charge in [-0.1, -0.05) is 26.2 Å². The average molecular weight is 261 g/mol. The summed E-state index contributed by atoms with van der Waals surface area (Å²) in [6.45, 7) is 4.31. The summed E-state index contributed by atoms with van der Waals surface area (Å²) >= 11 is 0. The van der Waals surface area contributed by atoms with Crippen molar-refractivity contribution in [1.29, 1.82) is 0 Å². The van der Waals surface area contributed by atoms with Crippen molar-refractivity contribution >= 4 is 0 Å². The second kappa shape index (κ2) is 12.1. The molecule has 0 heterocycles. The van der Waals surface area contributed by atoms with E-state index in [1.165, 1.54) is 5.57 Å². The van der Waals surface area contributed by atoms with Crippen LogP contribution in [0.25, 0.3) is 0 Å². The smallest absolute Gasteiger partial charge is 1.00 e. The third-order valence-corrected chi connectivity index (χ3v) is 1.38. The van der Waals surface area contributed by atoms with Crippen LogP contribution < -0.4 is 37.2 Å². The standard InChI is InChI=1S/C8H11.3ClH.Ti/c1-3-8-5-4-7(2)6-8;;;;/h4-5,7H,3H2,1-2H3;3*1H;/q-1;;;;+4/p-3. The zero-order chi connectivity index (χ0) is 5.98. The first-order chi connectivity index (χ1) is 3.83. The molecule has 1 unspecified atom stereocenters. The Morgan fingerprint density at radius 2 is 1.83 bits per heavy atom. The average Bonchev–Trinajstić information content (AvgIpc) is 2.14. The molecule has 4 heteroatoms. The van der Waals surface area contributed by atoms with Gasteiger partial charge in [-0.05, 0) is 0 Å². The summed E-state index contributed by atoms with van der Waals surface area (Å²) in [6, 6.07) is 0. The molecule has 1 rings (SSSR count). The molecule has 0 aromatic rings. The van der Waals surface area contributed by atoms with E-state index in [-0.39, 0.29) is 58.9 Å². The van der Waals surface area contributed by atoms with Crippen LogP contribution in [-0.2, 0) is 21.7 Å². The van der Waals surface area contributed by atoms with Crippen molar-refractivity contribution in [3.63, 3.8) is 0 Å². The summed E-state index contributed by atoms with van der Waals surface area (Å²) in [6.07, 6.45) is 8.77. The monoisotopic (exact) mass is 260 g/mol. The molecule has 0 aromatic carbocycles. The molecular formula is C8H11Cl3Ti. The quantitative estimate of drug-likeness (QED) is 0.325. The molecule has 0 bridgehead atoms. The maximum Gasteiger partial charge on any atom is 4.00 e. The van der Waals surface area contributed by atoms with E-state index in [4.69, 9.17) is 0 Å². The molecule has 1 atom stereocenters. The van der Waals surface area contributed by atoms with E-state index >= 15 is 0 Å². The van der Waals surface area contributed by atoms with Crippen LogP contribution >= 0.6 is 0 Å². The van der Waals surface area contributed by atoms with Crippen LogP contribution in [0.1, 0.15) is 20.3 Å². The molecule has 68 valence electrons. The van der Waals surface area contributed by atoms with Gasteiger partial charge in [-0.2, -0.15) is 6.08 Å². The Labute approximate surface area is 108 Å². The van der Waals surface area contributed by atoms with Crippen molar-refractivity contribution < 1.29 is 58.9 Å². The van der Waals surface area contributed by atoms with Gasteiger partial charge >= 0.3 is 21.7 Å². The normalized spacial score (nSPS) is 17.5. The minimum Gasteiger partial charge on any atom is -1.00 e. The molecule has 0 amide bonds. The molecule has 0 fully saturated rings. The summed E-state index contributed by atoms with van der Waals surface area (Å²) < 4.78 is 0. The first kappa shape index (κ1) is 23.1. The van der Waals surface area contributed by atoms with E-state index in [0.29, 0.717) is 5.92 Å². The van der Waals surface area contributed by atoms with E-state index in [2.05, 4.69) is 32.1 Å². The molecule has 1 aliphatic carbocycles.